The Balaban J connectivity index is 2.45. The molecule has 0 aromatic carbocycles. The van der Waals surface area contributed by atoms with Crippen molar-refractivity contribution in [2.75, 3.05) is 33.7 Å². The van der Waals surface area contributed by atoms with Crippen LogP contribution in [0.5, 0.6) is 0 Å². The molecule has 1 saturated heterocycles. The highest BCUT2D eigenvalue weighted by molar-refractivity contribution is 6.03. The lowest BCUT2D eigenvalue weighted by molar-refractivity contribution is -0.889. The van der Waals surface area contributed by atoms with E-state index in [0.717, 1.165) is 24.0 Å². The molecule has 1 fully saturated rings. The highest BCUT2D eigenvalue weighted by Gasteiger charge is 2.40. The average molecular weight is 325 g/mol. The van der Waals surface area contributed by atoms with Gasteiger partial charge in [0.2, 0.25) is 11.8 Å². The fourth-order valence-electron chi connectivity index (χ4n) is 2.92. The van der Waals surface area contributed by atoms with Crippen molar-refractivity contribution in [3.63, 3.8) is 0 Å². The van der Waals surface area contributed by atoms with Gasteiger partial charge in [-0.1, -0.05) is 27.7 Å². The molecule has 1 heterocycles. The summed E-state index contributed by atoms with van der Waals surface area (Å²) in [6, 6.07) is 0. The van der Waals surface area contributed by atoms with Crippen LogP contribution >= 0.6 is 0 Å². The topological polar surface area (TPSA) is 54.5 Å². The van der Waals surface area contributed by atoms with Crippen LogP contribution in [0.15, 0.2) is 0 Å². The highest BCUT2D eigenvalue weighted by Crippen LogP contribution is 2.26. The van der Waals surface area contributed by atoms with Crippen LogP contribution in [-0.4, -0.2) is 60.7 Å². The molecule has 23 heavy (non-hydrogen) atoms. The number of amides is 2. The molecule has 0 saturated carbocycles. The molecule has 0 spiro atoms. The smallest absolute Gasteiger partial charge is 0.233 e. The number of Topliss-reactive ketones (excluding diaryl/α,β-unsaturated/α-hetero) is 1. The van der Waals surface area contributed by atoms with E-state index < -0.39 is 0 Å². The van der Waals surface area contributed by atoms with Crippen molar-refractivity contribution in [1.29, 1.82) is 0 Å². The third-order valence-electron chi connectivity index (χ3n) is 4.84. The van der Waals surface area contributed by atoms with E-state index in [9.17, 15) is 14.4 Å². The molecule has 0 radical (unpaired) electrons. The molecule has 1 unspecified atom stereocenters. The first-order valence-electron chi connectivity index (χ1n) is 8.74. The highest BCUT2D eigenvalue weighted by atomic mass is 16.2. The monoisotopic (exact) mass is 325 g/mol. The largest absolute Gasteiger partial charge is 0.327 e. The number of rotatable bonds is 9. The fraction of sp³-hybridized carbons (Fsp3) is 0.833. The summed E-state index contributed by atoms with van der Waals surface area (Å²) in [5.41, 5.74) is 0. The number of ketones is 1. The van der Waals surface area contributed by atoms with E-state index in [0.29, 0.717) is 25.2 Å². The first kappa shape index (κ1) is 19.8. The van der Waals surface area contributed by atoms with Crippen molar-refractivity contribution in [3.05, 3.63) is 0 Å². The van der Waals surface area contributed by atoms with Gasteiger partial charge in [-0.3, -0.25) is 19.3 Å². The van der Waals surface area contributed by atoms with Gasteiger partial charge in [-0.05, 0) is 5.92 Å². The van der Waals surface area contributed by atoms with Gasteiger partial charge < -0.3 is 4.48 Å². The summed E-state index contributed by atoms with van der Waals surface area (Å²) in [4.78, 5) is 37.5. The summed E-state index contributed by atoms with van der Waals surface area (Å²) < 4.78 is 0.717. The Morgan fingerprint density at radius 3 is 2.26 bits per heavy atom. The minimum absolute atomic E-state index is 0.0139. The number of imide groups is 1. The second-order valence-electron chi connectivity index (χ2n) is 8.05. The Morgan fingerprint density at radius 1 is 1.17 bits per heavy atom. The zero-order valence-electron chi connectivity index (χ0n) is 15.6. The van der Waals surface area contributed by atoms with Gasteiger partial charge in [-0.2, -0.15) is 0 Å². The van der Waals surface area contributed by atoms with E-state index in [-0.39, 0.29) is 29.6 Å². The lowest BCUT2D eigenvalue weighted by Gasteiger charge is -2.31. The lowest BCUT2D eigenvalue weighted by atomic mass is 9.94. The molecule has 5 heteroatoms. The van der Waals surface area contributed by atoms with Crippen molar-refractivity contribution >= 4 is 17.6 Å². The molecule has 1 aliphatic rings. The summed E-state index contributed by atoms with van der Waals surface area (Å²) in [6.45, 7) is 9.93. The molecule has 1 aliphatic heterocycles. The van der Waals surface area contributed by atoms with Gasteiger partial charge >= 0.3 is 0 Å². The van der Waals surface area contributed by atoms with Crippen LogP contribution in [0.25, 0.3) is 0 Å². The van der Waals surface area contributed by atoms with Crippen molar-refractivity contribution in [3.8, 4) is 0 Å². The summed E-state index contributed by atoms with van der Waals surface area (Å²) >= 11 is 0. The lowest BCUT2D eigenvalue weighted by Crippen LogP contribution is -2.47. The number of hydrogen-bond acceptors (Lipinski definition) is 3. The zero-order chi connectivity index (χ0) is 17.8. The van der Waals surface area contributed by atoms with Gasteiger partial charge in [0, 0.05) is 31.1 Å². The van der Waals surface area contributed by atoms with Crippen molar-refractivity contribution in [2.45, 2.75) is 47.0 Å². The molecule has 132 valence electrons. The Morgan fingerprint density at radius 2 is 1.78 bits per heavy atom. The molecule has 1 atom stereocenters. The molecule has 0 bridgehead atoms. The molecular weight excluding hydrogens is 292 g/mol. The van der Waals surface area contributed by atoms with Crippen molar-refractivity contribution in [2.24, 2.45) is 17.8 Å². The van der Waals surface area contributed by atoms with Crippen LogP contribution in [0.4, 0.5) is 0 Å². The van der Waals surface area contributed by atoms with Crippen LogP contribution in [0.3, 0.4) is 0 Å². The molecule has 0 aliphatic carbocycles. The molecule has 0 N–H and O–H groups in total. The Hall–Kier alpha value is -1.23. The number of likely N-dealkylation sites (tertiary alicyclic amines) is 1. The van der Waals surface area contributed by atoms with E-state index in [1.165, 1.54) is 4.90 Å². The van der Waals surface area contributed by atoms with Crippen LogP contribution < -0.4 is 0 Å². The first-order chi connectivity index (χ1) is 10.5. The standard InChI is InChI=1S/C18H33N2O3/c1-13(2)15-12-17(22)19(18(15)23)9-11-20(5,6)10-7-8-16(21)14(3)4/h13-15H,7-12H2,1-6H3/q+1. The maximum Gasteiger partial charge on any atom is 0.233 e. The maximum absolute atomic E-state index is 12.3. The van der Waals surface area contributed by atoms with E-state index >= 15 is 0 Å². The van der Waals surface area contributed by atoms with Crippen LogP contribution in [0.1, 0.15) is 47.0 Å². The van der Waals surface area contributed by atoms with Crippen LogP contribution in [-0.2, 0) is 14.4 Å². The van der Waals surface area contributed by atoms with Gasteiger partial charge in [0.15, 0.2) is 0 Å². The molecule has 5 nitrogen and oxygen atoms in total. The molecular formula is C18H33N2O3+. The molecule has 0 aromatic heterocycles. The predicted octanol–water partition coefficient (Wildman–Crippen LogP) is 2.10. The molecule has 0 aromatic rings. The SMILES string of the molecule is CC(C)C(=O)CCC[N+](C)(C)CCN1C(=O)CC(C(C)C)C1=O. The second-order valence-corrected chi connectivity index (χ2v) is 8.05. The average Bonchev–Trinajstić information content (AvgIpc) is 2.71. The third kappa shape index (κ3) is 5.72. The first-order valence-corrected chi connectivity index (χ1v) is 8.74. The van der Waals surface area contributed by atoms with Crippen LogP contribution in [0, 0.1) is 17.8 Å². The van der Waals surface area contributed by atoms with Crippen LogP contribution in [0.2, 0.25) is 0 Å². The maximum atomic E-state index is 12.3. The number of carbonyl (C=O) groups excluding carboxylic acids is 3. The summed E-state index contributed by atoms with van der Waals surface area (Å²) in [7, 11) is 4.18. The zero-order valence-corrected chi connectivity index (χ0v) is 15.6. The van der Waals surface area contributed by atoms with E-state index in [4.69, 9.17) is 0 Å². The van der Waals surface area contributed by atoms with Crippen molar-refractivity contribution < 1.29 is 18.9 Å². The summed E-state index contributed by atoms with van der Waals surface area (Å²) in [5, 5.41) is 0. The number of hydrogen-bond donors (Lipinski definition) is 0. The Kier molecular flexibility index (Phi) is 6.93. The second kappa shape index (κ2) is 8.04. The fourth-order valence-corrected chi connectivity index (χ4v) is 2.92. The van der Waals surface area contributed by atoms with E-state index in [1.807, 2.05) is 27.7 Å². The van der Waals surface area contributed by atoms with Gasteiger partial charge in [-0.15, -0.1) is 0 Å². The predicted molar refractivity (Wildman–Crippen MR) is 90.6 cm³/mol. The van der Waals surface area contributed by atoms with Gasteiger partial charge in [-0.25, -0.2) is 0 Å². The quantitative estimate of drug-likeness (QED) is 0.482. The number of carbonyl (C=O) groups is 3. The number of likely N-dealkylation sites (N-methyl/N-ethyl adjacent to an activating group) is 1. The number of quaternary nitrogens is 1. The summed E-state index contributed by atoms with van der Waals surface area (Å²) in [5.74, 6) is 0.402. The normalized spacial score (nSPS) is 19.3. The van der Waals surface area contributed by atoms with Crippen molar-refractivity contribution in [1.82, 2.24) is 4.90 Å². The number of nitrogens with zero attached hydrogens (tertiary/aromatic N) is 2. The minimum Gasteiger partial charge on any atom is -0.327 e. The van der Waals surface area contributed by atoms with E-state index in [2.05, 4.69) is 14.1 Å². The molecule has 2 amide bonds. The Labute approximate surface area is 140 Å². The summed E-state index contributed by atoms with van der Waals surface area (Å²) in [6.07, 6.45) is 1.81. The van der Waals surface area contributed by atoms with Gasteiger partial charge in [0.25, 0.3) is 0 Å². The Bertz CT molecular complexity index is 455. The van der Waals surface area contributed by atoms with E-state index in [1.54, 1.807) is 0 Å². The molecule has 1 rings (SSSR count). The third-order valence-corrected chi connectivity index (χ3v) is 4.84. The van der Waals surface area contributed by atoms with Gasteiger partial charge in [0.05, 0.1) is 33.7 Å². The van der Waals surface area contributed by atoms with Gasteiger partial charge in [0.1, 0.15) is 5.78 Å². The minimum atomic E-state index is -0.151.